The second-order valence-corrected chi connectivity index (χ2v) is 6.48. The predicted octanol–water partition coefficient (Wildman–Crippen LogP) is 5.00. The van der Waals surface area contributed by atoms with E-state index in [0.29, 0.717) is 24.0 Å². The van der Waals surface area contributed by atoms with Crippen LogP contribution in [0.3, 0.4) is 0 Å². The van der Waals surface area contributed by atoms with Crippen LogP contribution in [0.5, 0.6) is 11.5 Å². The van der Waals surface area contributed by atoms with Gasteiger partial charge in [0.25, 0.3) is 0 Å². The summed E-state index contributed by atoms with van der Waals surface area (Å²) in [6.45, 7) is 3.18. The Morgan fingerprint density at radius 2 is 1.85 bits per heavy atom. The van der Waals surface area contributed by atoms with Gasteiger partial charge in [0.05, 0.1) is 15.0 Å². The molecule has 1 aromatic carbocycles. The van der Waals surface area contributed by atoms with Gasteiger partial charge in [-0.2, -0.15) is 0 Å². The van der Waals surface area contributed by atoms with E-state index in [0.717, 1.165) is 21.3 Å². The van der Waals surface area contributed by atoms with E-state index in [1.54, 1.807) is 6.07 Å². The summed E-state index contributed by atoms with van der Waals surface area (Å²) in [4.78, 5) is 0. The fourth-order valence-corrected chi connectivity index (χ4v) is 3.23. The van der Waals surface area contributed by atoms with Crippen LogP contribution in [0.25, 0.3) is 0 Å². The Kier molecular flexibility index (Phi) is 3.96. The van der Waals surface area contributed by atoms with Crippen molar-refractivity contribution in [1.29, 1.82) is 0 Å². The van der Waals surface area contributed by atoms with Crippen LogP contribution in [0.1, 0.15) is 18.5 Å². The van der Waals surface area contributed by atoms with Crippen LogP contribution in [0, 0.1) is 0 Å². The van der Waals surface area contributed by atoms with Crippen LogP contribution >= 0.6 is 34.5 Å². The number of ether oxygens (including phenoxy) is 2. The van der Waals surface area contributed by atoms with Crippen LogP contribution in [0.4, 0.5) is 5.69 Å². The number of thiophene rings is 1. The SMILES string of the molecule is CC(Nc1cc2c(cc1Cl)OCCO2)c1csc(Cl)c1. The standard InChI is InChI=1S/C14H13Cl2NO2S/c1-8(9-4-14(16)20-7-9)17-11-6-13-12(5-10(11)15)18-2-3-19-13/h4-8,17H,2-3H2,1H3. The Labute approximate surface area is 131 Å². The Hall–Kier alpha value is -1.10. The van der Waals surface area contributed by atoms with E-state index >= 15 is 0 Å². The average Bonchev–Trinajstić information content (AvgIpc) is 2.86. The van der Waals surface area contributed by atoms with Gasteiger partial charge in [-0.25, -0.2) is 0 Å². The number of benzene rings is 1. The van der Waals surface area contributed by atoms with Crippen LogP contribution in [0.2, 0.25) is 9.36 Å². The molecule has 20 heavy (non-hydrogen) atoms. The van der Waals surface area contributed by atoms with E-state index in [2.05, 4.69) is 12.2 Å². The van der Waals surface area contributed by atoms with Crippen molar-refractivity contribution in [3.8, 4) is 11.5 Å². The van der Waals surface area contributed by atoms with E-state index in [1.165, 1.54) is 11.3 Å². The molecule has 1 unspecified atom stereocenters. The average molecular weight is 330 g/mol. The molecule has 0 saturated heterocycles. The summed E-state index contributed by atoms with van der Waals surface area (Å²) in [5.74, 6) is 1.41. The maximum absolute atomic E-state index is 6.28. The van der Waals surface area contributed by atoms with Gasteiger partial charge in [0, 0.05) is 18.2 Å². The largest absolute Gasteiger partial charge is 0.486 e. The number of halogens is 2. The van der Waals surface area contributed by atoms with Gasteiger partial charge in [0.1, 0.15) is 13.2 Å². The summed E-state index contributed by atoms with van der Waals surface area (Å²) in [5.41, 5.74) is 1.96. The number of rotatable bonds is 3. The number of fused-ring (bicyclic) bond motifs is 1. The smallest absolute Gasteiger partial charge is 0.163 e. The van der Waals surface area contributed by atoms with E-state index in [9.17, 15) is 0 Å². The maximum atomic E-state index is 6.28. The minimum absolute atomic E-state index is 0.110. The highest BCUT2D eigenvalue weighted by atomic mass is 35.5. The Balaban J connectivity index is 1.83. The third-order valence-electron chi connectivity index (χ3n) is 3.09. The fourth-order valence-electron chi connectivity index (χ4n) is 2.04. The molecular weight excluding hydrogens is 317 g/mol. The molecule has 0 fully saturated rings. The lowest BCUT2D eigenvalue weighted by Crippen LogP contribution is -2.16. The first-order valence-corrected chi connectivity index (χ1v) is 7.86. The van der Waals surface area contributed by atoms with Crippen LogP contribution in [-0.2, 0) is 0 Å². The van der Waals surface area contributed by atoms with Crippen LogP contribution in [-0.4, -0.2) is 13.2 Å². The zero-order valence-corrected chi connectivity index (χ0v) is 13.1. The summed E-state index contributed by atoms with van der Waals surface area (Å²) in [7, 11) is 0. The molecule has 0 aliphatic carbocycles. The molecule has 106 valence electrons. The molecule has 1 atom stereocenters. The molecular formula is C14H13Cl2NO2S. The van der Waals surface area contributed by atoms with Crippen molar-refractivity contribution < 1.29 is 9.47 Å². The van der Waals surface area contributed by atoms with Crippen LogP contribution < -0.4 is 14.8 Å². The van der Waals surface area contributed by atoms with Gasteiger partial charge in [0.15, 0.2) is 11.5 Å². The van der Waals surface area contributed by atoms with E-state index < -0.39 is 0 Å². The van der Waals surface area contributed by atoms with Gasteiger partial charge in [-0.1, -0.05) is 23.2 Å². The molecule has 3 rings (SSSR count). The van der Waals surface area contributed by atoms with Crippen molar-refractivity contribution in [2.45, 2.75) is 13.0 Å². The molecule has 1 aromatic heterocycles. The predicted molar refractivity (Wildman–Crippen MR) is 83.8 cm³/mol. The molecule has 1 N–H and O–H groups in total. The summed E-state index contributed by atoms with van der Waals surface area (Å²) >= 11 is 13.8. The van der Waals surface area contributed by atoms with Crippen LogP contribution in [0.15, 0.2) is 23.6 Å². The highest BCUT2D eigenvalue weighted by Crippen LogP contribution is 2.39. The molecule has 0 amide bonds. The van der Waals surface area contributed by atoms with Crippen molar-refractivity contribution in [3.05, 3.63) is 38.5 Å². The van der Waals surface area contributed by atoms with Gasteiger partial charge in [-0.05, 0) is 23.9 Å². The Morgan fingerprint density at radius 1 is 1.15 bits per heavy atom. The maximum Gasteiger partial charge on any atom is 0.163 e. The van der Waals surface area contributed by atoms with Gasteiger partial charge in [-0.15, -0.1) is 11.3 Å². The molecule has 1 aliphatic rings. The molecule has 2 heterocycles. The second kappa shape index (κ2) is 5.72. The minimum Gasteiger partial charge on any atom is -0.486 e. The first kappa shape index (κ1) is 13.9. The summed E-state index contributed by atoms with van der Waals surface area (Å²) in [5, 5.41) is 6.02. The molecule has 6 heteroatoms. The highest BCUT2D eigenvalue weighted by Gasteiger charge is 2.16. The van der Waals surface area contributed by atoms with Crippen molar-refractivity contribution >= 4 is 40.2 Å². The monoisotopic (exact) mass is 329 g/mol. The normalized spacial score (nSPS) is 14.9. The van der Waals surface area contributed by atoms with Gasteiger partial charge in [-0.3, -0.25) is 0 Å². The van der Waals surface area contributed by atoms with Gasteiger partial charge < -0.3 is 14.8 Å². The topological polar surface area (TPSA) is 30.5 Å². The summed E-state index contributed by atoms with van der Waals surface area (Å²) < 4.78 is 11.8. The lowest BCUT2D eigenvalue weighted by Gasteiger charge is -2.21. The molecule has 1 aliphatic heterocycles. The zero-order valence-electron chi connectivity index (χ0n) is 10.8. The van der Waals surface area contributed by atoms with E-state index in [1.807, 2.05) is 17.5 Å². The van der Waals surface area contributed by atoms with Crippen molar-refractivity contribution in [2.24, 2.45) is 0 Å². The van der Waals surface area contributed by atoms with Crippen molar-refractivity contribution in [3.63, 3.8) is 0 Å². The third kappa shape index (κ3) is 2.82. The number of anilines is 1. The number of hydrogen-bond donors (Lipinski definition) is 1. The second-order valence-electron chi connectivity index (χ2n) is 4.53. The quantitative estimate of drug-likeness (QED) is 0.859. The molecule has 0 spiro atoms. The van der Waals surface area contributed by atoms with Crippen molar-refractivity contribution in [1.82, 2.24) is 0 Å². The highest BCUT2D eigenvalue weighted by molar-refractivity contribution is 7.14. The van der Waals surface area contributed by atoms with Gasteiger partial charge >= 0.3 is 0 Å². The lowest BCUT2D eigenvalue weighted by molar-refractivity contribution is 0.171. The van der Waals surface area contributed by atoms with Crippen molar-refractivity contribution in [2.75, 3.05) is 18.5 Å². The molecule has 0 saturated carbocycles. The lowest BCUT2D eigenvalue weighted by atomic mass is 10.1. The van der Waals surface area contributed by atoms with E-state index in [-0.39, 0.29) is 6.04 Å². The van der Waals surface area contributed by atoms with E-state index in [4.69, 9.17) is 32.7 Å². The summed E-state index contributed by atoms with van der Waals surface area (Å²) in [6.07, 6.45) is 0. The third-order valence-corrected chi connectivity index (χ3v) is 4.51. The molecule has 2 aromatic rings. The first-order valence-electron chi connectivity index (χ1n) is 6.23. The summed E-state index contributed by atoms with van der Waals surface area (Å²) in [6, 6.07) is 5.72. The number of nitrogens with one attached hydrogen (secondary N) is 1. The zero-order chi connectivity index (χ0) is 14.1. The molecule has 0 bridgehead atoms. The Bertz CT molecular complexity index is 630. The Morgan fingerprint density at radius 3 is 2.50 bits per heavy atom. The molecule has 3 nitrogen and oxygen atoms in total. The van der Waals surface area contributed by atoms with Gasteiger partial charge in [0.2, 0.25) is 0 Å². The molecule has 0 radical (unpaired) electrons. The minimum atomic E-state index is 0.110. The first-order chi connectivity index (χ1) is 9.63. The fraction of sp³-hybridized carbons (Fsp3) is 0.286. The number of hydrogen-bond acceptors (Lipinski definition) is 4.